The maximum absolute atomic E-state index is 12.2. The van der Waals surface area contributed by atoms with E-state index in [0.29, 0.717) is 22.7 Å². The molecule has 1 atom stereocenters. The molecule has 0 aliphatic carbocycles. The number of aryl methyl sites for hydroxylation is 1. The number of carbonyl (C=O) groups is 1. The molecule has 0 saturated carbocycles. The number of thiophene rings is 1. The number of halogens is 1. The predicted octanol–water partition coefficient (Wildman–Crippen LogP) is 3.12. The molecule has 0 bridgehead atoms. The van der Waals surface area contributed by atoms with Crippen molar-refractivity contribution in [3.05, 3.63) is 56.2 Å². The first kappa shape index (κ1) is 18.7. The van der Waals surface area contributed by atoms with Crippen LogP contribution >= 0.6 is 22.9 Å². The SMILES string of the molecule is CN(C)C(CNC(=O)CCn1c(=O)oc2cc(Cl)ccc21)c1cccs1. The first-order valence-corrected chi connectivity index (χ1v) is 9.47. The molecule has 6 nitrogen and oxygen atoms in total. The lowest BCUT2D eigenvalue weighted by molar-refractivity contribution is -0.121. The fraction of sp³-hybridized carbons (Fsp3) is 0.333. The van der Waals surface area contributed by atoms with Gasteiger partial charge in [0.15, 0.2) is 5.58 Å². The summed E-state index contributed by atoms with van der Waals surface area (Å²) in [6.07, 6.45) is 0.196. The molecule has 26 heavy (non-hydrogen) atoms. The Morgan fingerprint density at radius 2 is 2.19 bits per heavy atom. The summed E-state index contributed by atoms with van der Waals surface area (Å²) in [5, 5.41) is 5.47. The fourth-order valence-corrected chi connectivity index (χ4v) is 3.87. The van der Waals surface area contributed by atoms with Crippen molar-refractivity contribution >= 4 is 39.9 Å². The van der Waals surface area contributed by atoms with Gasteiger partial charge in [0, 0.05) is 35.5 Å². The van der Waals surface area contributed by atoms with E-state index in [1.165, 1.54) is 9.44 Å². The summed E-state index contributed by atoms with van der Waals surface area (Å²) in [7, 11) is 3.97. The number of hydrogen-bond donors (Lipinski definition) is 1. The fourth-order valence-electron chi connectivity index (χ4n) is 2.78. The van der Waals surface area contributed by atoms with Gasteiger partial charge in [-0.1, -0.05) is 17.7 Å². The topological polar surface area (TPSA) is 67.5 Å². The molecule has 0 saturated heterocycles. The number of hydrogen-bond acceptors (Lipinski definition) is 5. The number of nitrogens with zero attached hydrogens (tertiary/aromatic N) is 2. The van der Waals surface area contributed by atoms with Crippen LogP contribution < -0.4 is 11.1 Å². The van der Waals surface area contributed by atoms with E-state index in [1.54, 1.807) is 29.5 Å². The molecule has 0 radical (unpaired) electrons. The van der Waals surface area contributed by atoms with Crippen molar-refractivity contribution in [1.29, 1.82) is 0 Å². The zero-order valence-corrected chi connectivity index (χ0v) is 16.1. The van der Waals surface area contributed by atoms with Gasteiger partial charge >= 0.3 is 5.76 Å². The van der Waals surface area contributed by atoms with Gasteiger partial charge in [-0.3, -0.25) is 9.36 Å². The second-order valence-electron chi connectivity index (χ2n) is 6.18. The standard InChI is InChI=1S/C18H20ClN3O3S/c1-21(2)14(16-4-3-9-26-16)11-20-17(23)7-8-22-13-6-5-12(19)10-15(13)25-18(22)24/h3-6,9-10,14H,7-8,11H2,1-2H3,(H,20,23). The van der Waals surface area contributed by atoms with Crippen LogP contribution in [0, 0.1) is 0 Å². The third kappa shape index (κ3) is 4.17. The molecular weight excluding hydrogens is 374 g/mol. The zero-order valence-electron chi connectivity index (χ0n) is 14.6. The first-order chi connectivity index (χ1) is 12.5. The highest BCUT2D eigenvalue weighted by Gasteiger charge is 2.17. The van der Waals surface area contributed by atoms with E-state index in [0.717, 1.165) is 0 Å². The lowest BCUT2D eigenvalue weighted by atomic mass is 10.2. The molecule has 1 unspecified atom stereocenters. The van der Waals surface area contributed by atoms with Crippen LogP contribution in [0.3, 0.4) is 0 Å². The normalized spacial score (nSPS) is 12.6. The average molecular weight is 394 g/mol. The third-order valence-corrected chi connectivity index (χ3v) is 5.39. The zero-order chi connectivity index (χ0) is 18.7. The smallest absolute Gasteiger partial charge is 0.408 e. The summed E-state index contributed by atoms with van der Waals surface area (Å²) in [5.74, 6) is -0.594. The summed E-state index contributed by atoms with van der Waals surface area (Å²) >= 11 is 7.57. The number of benzene rings is 1. The van der Waals surface area contributed by atoms with Gasteiger partial charge in [-0.2, -0.15) is 0 Å². The van der Waals surface area contributed by atoms with Crippen LogP contribution in [-0.4, -0.2) is 36.0 Å². The number of amides is 1. The van der Waals surface area contributed by atoms with Crippen molar-refractivity contribution in [1.82, 2.24) is 14.8 Å². The Hall–Kier alpha value is -2.09. The lowest BCUT2D eigenvalue weighted by Crippen LogP contribution is -2.34. The molecule has 3 aromatic rings. The van der Waals surface area contributed by atoms with Crippen molar-refractivity contribution in [2.75, 3.05) is 20.6 Å². The van der Waals surface area contributed by atoms with Gasteiger partial charge in [0.2, 0.25) is 5.91 Å². The Balaban J connectivity index is 1.61. The van der Waals surface area contributed by atoms with E-state index < -0.39 is 5.76 Å². The van der Waals surface area contributed by atoms with Gasteiger partial charge in [-0.05, 0) is 37.7 Å². The summed E-state index contributed by atoms with van der Waals surface area (Å²) in [6.45, 7) is 0.772. The number of likely N-dealkylation sites (N-methyl/N-ethyl adjacent to an activating group) is 1. The molecule has 0 aliphatic rings. The Morgan fingerprint density at radius 1 is 1.38 bits per heavy atom. The summed E-state index contributed by atoms with van der Waals surface area (Å²) < 4.78 is 6.63. The van der Waals surface area contributed by atoms with Crippen molar-refractivity contribution in [2.24, 2.45) is 0 Å². The van der Waals surface area contributed by atoms with Crippen LogP contribution in [0.25, 0.3) is 11.1 Å². The van der Waals surface area contributed by atoms with Gasteiger partial charge in [0.1, 0.15) is 0 Å². The van der Waals surface area contributed by atoms with Crippen molar-refractivity contribution in [3.63, 3.8) is 0 Å². The Labute approximate surface area is 160 Å². The van der Waals surface area contributed by atoms with Crippen LogP contribution in [0.4, 0.5) is 0 Å². The molecule has 138 valence electrons. The largest absolute Gasteiger partial charge is 0.419 e. The number of nitrogens with one attached hydrogen (secondary N) is 1. The Kier molecular flexibility index (Phi) is 5.80. The molecule has 1 amide bonds. The van der Waals surface area contributed by atoms with Crippen molar-refractivity contribution < 1.29 is 9.21 Å². The number of oxazole rings is 1. The summed E-state index contributed by atoms with van der Waals surface area (Å²) in [5.41, 5.74) is 1.06. The monoisotopic (exact) mass is 393 g/mol. The lowest BCUT2D eigenvalue weighted by Gasteiger charge is -2.23. The quantitative estimate of drug-likeness (QED) is 0.669. The van der Waals surface area contributed by atoms with Crippen molar-refractivity contribution in [3.8, 4) is 0 Å². The molecule has 0 spiro atoms. The minimum Gasteiger partial charge on any atom is -0.408 e. The van der Waals surface area contributed by atoms with Gasteiger partial charge in [-0.15, -0.1) is 11.3 Å². The van der Waals surface area contributed by atoms with E-state index in [4.69, 9.17) is 16.0 Å². The number of fused-ring (bicyclic) bond motifs is 1. The molecular formula is C18H20ClN3O3S. The molecule has 0 fully saturated rings. The summed E-state index contributed by atoms with van der Waals surface area (Å²) in [4.78, 5) is 27.5. The van der Waals surface area contributed by atoms with Gasteiger partial charge < -0.3 is 14.6 Å². The maximum Gasteiger partial charge on any atom is 0.419 e. The third-order valence-electron chi connectivity index (χ3n) is 4.18. The minimum atomic E-state index is -0.486. The Bertz CT molecular complexity index is 946. The van der Waals surface area contributed by atoms with E-state index in [1.807, 2.05) is 25.5 Å². The number of aromatic nitrogens is 1. The highest BCUT2D eigenvalue weighted by molar-refractivity contribution is 7.10. The molecule has 1 aromatic carbocycles. The van der Waals surface area contributed by atoms with Gasteiger partial charge in [0.05, 0.1) is 11.6 Å². The second-order valence-corrected chi connectivity index (χ2v) is 7.60. The van der Waals surface area contributed by atoms with Crippen LogP contribution in [-0.2, 0) is 11.3 Å². The summed E-state index contributed by atoms with van der Waals surface area (Å²) in [6, 6.07) is 9.19. The molecule has 1 N–H and O–H groups in total. The van der Waals surface area contributed by atoms with Crippen LogP contribution in [0.1, 0.15) is 17.3 Å². The maximum atomic E-state index is 12.2. The first-order valence-electron chi connectivity index (χ1n) is 8.21. The van der Waals surface area contributed by atoms with E-state index in [-0.39, 0.29) is 24.9 Å². The molecule has 2 aromatic heterocycles. The Morgan fingerprint density at radius 3 is 2.88 bits per heavy atom. The highest BCUT2D eigenvalue weighted by Crippen LogP contribution is 2.22. The van der Waals surface area contributed by atoms with Gasteiger partial charge in [-0.25, -0.2) is 4.79 Å². The molecule has 3 rings (SSSR count). The van der Waals surface area contributed by atoms with Crippen LogP contribution in [0.5, 0.6) is 0 Å². The second kappa shape index (κ2) is 8.07. The van der Waals surface area contributed by atoms with Crippen molar-refractivity contribution in [2.45, 2.75) is 19.0 Å². The van der Waals surface area contributed by atoms with E-state index >= 15 is 0 Å². The van der Waals surface area contributed by atoms with E-state index in [2.05, 4.69) is 16.3 Å². The molecule has 8 heteroatoms. The average Bonchev–Trinajstić information content (AvgIpc) is 3.20. The van der Waals surface area contributed by atoms with E-state index in [9.17, 15) is 9.59 Å². The van der Waals surface area contributed by atoms with Gasteiger partial charge in [0.25, 0.3) is 0 Å². The minimum absolute atomic E-state index is 0.108. The number of rotatable bonds is 7. The molecule has 2 heterocycles. The van der Waals surface area contributed by atoms with Crippen LogP contribution in [0.2, 0.25) is 5.02 Å². The van der Waals surface area contributed by atoms with Crippen LogP contribution in [0.15, 0.2) is 44.9 Å². The molecule has 0 aliphatic heterocycles. The highest BCUT2D eigenvalue weighted by atomic mass is 35.5. The number of carbonyl (C=O) groups excluding carboxylic acids is 1. The predicted molar refractivity (Wildman–Crippen MR) is 104 cm³/mol.